The monoisotopic (exact) mass is 1310 g/mol. The van der Waals surface area contributed by atoms with Crippen LogP contribution in [-0.2, 0) is 65.4 Å². The van der Waals surface area contributed by atoms with Crippen molar-refractivity contribution in [3.05, 3.63) is 0 Å². The molecule has 0 heterocycles. The number of rotatable bonds is 67. The molecule has 0 aliphatic carbocycles. The lowest BCUT2D eigenvalue weighted by Gasteiger charge is -2.21. The van der Waals surface area contributed by atoms with Crippen molar-refractivity contribution in [3.63, 3.8) is 0 Å². The summed E-state index contributed by atoms with van der Waals surface area (Å²) < 4.78 is 68.2. The molecule has 0 bridgehead atoms. The van der Waals surface area contributed by atoms with Crippen molar-refractivity contribution in [3.8, 4) is 0 Å². The van der Waals surface area contributed by atoms with Crippen LogP contribution in [0.15, 0.2) is 0 Å². The molecule has 0 saturated heterocycles. The molecule has 0 saturated carbocycles. The van der Waals surface area contributed by atoms with E-state index in [1.165, 1.54) is 141 Å². The minimum atomic E-state index is -4.95. The summed E-state index contributed by atoms with van der Waals surface area (Å²) in [5, 5.41) is 10.6. The topological polar surface area (TPSA) is 237 Å². The number of phosphoric acid groups is 2. The summed E-state index contributed by atoms with van der Waals surface area (Å²) in [5.41, 5.74) is 0. The second-order valence-electron chi connectivity index (χ2n) is 27.2. The SMILES string of the molecule is CC(C)CCCCCCCCCCCCCCCCCC(=O)O[C@H](COC(=O)CCCCCCCCCCC(C)C)COP(=O)(O)OC[C@@H](O)COP(=O)(O)OC[C@@H](COC(=O)CCCCCCCCC(C)C)OC(=O)CCCCCCCCCCC(C)C. The Morgan fingerprint density at radius 3 is 0.697 bits per heavy atom. The average molecular weight is 1310 g/mol. The highest BCUT2D eigenvalue weighted by Crippen LogP contribution is 2.45. The number of hydrogen-bond donors (Lipinski definition) is 3. The highest BCUT2D eigenvalue weighted by Gasteiger charge is 2.30. The van der Waals surface area contributed by atoms with Gasteiger partial charge in [0.1, 0.15) is 19.3 Å². The molecule has 0 fully saturated rings. The van der Waals surface area contributed by atoms with Gasteiger partial charge >= 0.3 is 39.5 Å². The molecule has 89 heavy (non-hydrogen) atoms. The van der Waals surface area contributed by atoms with Gasteiger partial charge in [-0.25, -0.2) is 9.13 Å². The van der Waals surface area contributed by atoms with E-state index in [2.05, 4.69) is 55.4 Å². The number of ether oxygens (including phenoxy) is 4. The molecule has 0 spiro atoms. The molecule has 0 aromatic heterocycles. The van der Waals surface area contributed by atoms with E-state index < -0.39 is 97.5 Å². The summed E-state index contributed by atoms with van der Waals surface area (Å²) in [4.78, 5) is 72.5. The Morgan fingerprint density at radius 2 is 0.472 bits per heavy atom. The summed E-state index contributed by atoms with van der Waals surface area (Å²) in [6.45, 7) is 14.0. The van der Waals surface area contributed by atoms with Crippen molar-refractivity contribution in [1.29, 1.82) is 0 Å². The van der Waals surface area contributed by atoms with Crippen molar-refractivity contribution in [1.82, 2.24) is 0 Å². The predicted octanol–water partition coefficient (Wildman–Crippen LogP) is 19.7. The zero-order valence-corrected chi connectivity index (χ0v) is 59.8. The molecule has 0 aromatic rings. The molecule has 0 aliphatic rings. The van der Waals surface area contributed by atoms with Crippen LogP contribution in [0.2, 0.25) is 0 Å². The van der Waals surface area contributed by atoms with Gasteiger partial charge in [0.2, 0.25) is 0 Å². The smallest absolute Gasteiger partial charge is 0.462 e. The summed E-state index contributed by atoms with van der Waals surface area (Å²) in [6, 6.07) is 0. The molecule has 17 nitrogen and oxygen atoms in total. The first-order chi connectivity index (χ1) is 42.6. The minimum absolute atomic E-state index is 0.103. The highest BCUT2D eigenvalue weighted by molar-refractivity contribution is 7.47. The van der Waals surface area contributed by atoms with Crippen LogP contribution in [0.5, 0.6) is 0 Å². The number of carbonyl (C=O) groups excluding carboxylic acids is 4. The Hall–Kier alpha value is -1.94. The summed E-state index contributed by atoms with van der Waals surface area (Å²) >= 11 is 0. The molecule has 19 heteroatoms. The van der Waals surface area contributed by atoms with E-state index >= 15 is 0 Å². The largest absolute Gasteiger partial charge is 0.472 e. The summed E-state index contributed by atoms with van der Waals surface area (Å²) in [5.74, 6) is 0.793. The zero-order valence-electron chi connectivity index (χ0n) is 58.1. The van der Waals surface area contributed by atoms with E-state index in [1.807, 2.05) is 0 Å². The third kappa shape index (κ3) is 64.6. The van der Waals surface area contributed by atoms with Gasteiger partial charge in [0.15, 0.2) is 12.2 Å². The minimum Gasteiger partial charge on any atom is -0.462 e. The first kappa shape index (κ1) is 87.1. The van der Waals surface area contributed by atoms with E-state index in [1.54, 1.807) is 0 Å². The van der Waals surface area contributed by atoms with E-state index in [-0.39, 0.29) is 25.7 Å². The third-order valence-electron chi connectivity index (χ3n) is 16.1. The molecule has 0 aliphatic heterocycles. The van der Waals surface area contributed by atoms with E-state index in [9.17, 15) is 43.2 Å². The number of phosphoric ester groups is 2. The maximum atomic E-state index is 13.0. The van der Waals surface area contributed by atoms with E-state index in [4.69, 9.17) is 37.0 Å². The van der Waals surface area contributed by atoms with Gasteiger partial charge in [-0.1, -0.05) is 293 Å². The molecule has 0 amide bonds. The van der Waals surface area contributed by atoms with E-state index in [0.29, 0.717) is 31.6 Å². The van der Waals surface area contributed by atoms with Crippen molar-refractivity contribution in [2.45, 2.75) is 363 Å². The molecule has 3 N–H and O–H groups in total. The van der Waals surface area contributed by atoms with Crippen molar-refractivity contribution in [2.24, 2.45) is 23.7 Å². The number of esters is 4. The Morgan fingerprint density at radius 1 is 0.281 bits per heavy atom. The molecular formula is C70H136O17P2. The third-order valence-corrected chi connectivity index (χ3v) is 18.0. The normalized spacial score (nSPS) is 14.3. The lowest BCUT2D eigenvalue weighted by molar-refractivity contribution is -0.161. The fourth-order valence-corrected chi connectivity index (χ4v) is 12.1. The van der Waals surface area contributed by atoms with Gasteiger partial charge in [0.05, 0.1) is 26.4 Å². The first-order valence-corrected chi connectivity index (χ1v) is 39.2. The van der Waals surface area contributed by atoms with Crippen LogP contribution in [0.25, 0.3) is 0 Å². The van der Waals surface area contributed by atoms with Crippen molar-refractivity contribution < 1.29 is 80.2 Å². The summed E-state index contributed by atoms with van der Waals surface area (Å²) in [7, 11) is -9.90. The molecule has 2 unspecified atom stereocenters. The molecule has 0 radical (unpaired) electrons. The highest BCUT2D eigenvalue weighted by atomic mass is 31.2. The molecule has 0 rings (SSSR count). The standard InChI is InChI=1S/C70H136O17P2/c1-60(2)46-38-30-22-16-14-12-10-9-11-13-15-17-26-36-44-52-69(74)86-65(56-80-67(72)50-42-34-25-20-18-23-31-39-47-61(3)4)58-84-88(76,77)82-54-64(71)55-83-89(78,79)85-59-66(57-81-68(73)51-43-35-29-28-33-41-49-63(7)8)87-70(75)53-45-37-27-21-19-24-32-40-48-62(5)6/h60-66,71H,9-59H2,1-8H3,(H,76,77)(H,78,79)/t64-,65-,66-/m1/s1. The molecule has 5 atom stereocenters. The Labute approximate surface area is 543 Å². The summed E-state index contributed by atoms with van der Waals surface area (Å²) in [6.07, 6.45) is 42.0. The first-order valence-electron chi connectivity index (χ1n) is 36.2. The van der Waals surface area contributed by atoms with Crippen LogP contribution in [0, 0.1) is 23.7 Å². The fourth-order valence-electron chi connectivity index (χ4n) is 10.5. The van der Waals surface area contributed by atoms with Gasteiger partial charge < -0.3 is 33.8 Å². The predicted molar refractivity (Wildman–Crippen MR) is 358 cm³/mol. The second-order valence-corrected chi connectivity index (χ2v) is 30.1. The second kappa shape index (κ2) is 59.8. The lowest BCUT2D eigenvalue weighted by atomic mass is 10.0. The van der Waals surface area contributed by atoms with Crippen molar-refractivity contribution >= 4 is 39.5 Å². The van der Waals surface area contributed by atoms with Crippen LogP contribution in [0.1, 0.15) is 344 Å². The van der Waals surface area contributed by atoms with Crippen LogP contribution < -0.4 is 0 Å². The van der Waals surface area contributed by atoms with Gasteiger partial charge in [-0.2, -0.15) is 0 Å². The van der Waals surface area contributed by atoms with Crippen LogP contribution in [0.3, 0.4) is 0 Å². The van der Waals surface area contributed by atoms with E-state index in [0.717, 1.165) is 114 Å². The van der Waals surface area contributed by atoms with Gasteiger partial charge in [-0.05, 0) is 49.4 Å². The fraction of sp³-hybridized carbons (Fsp3) is 0.943. The Kier molecular flexibility index (Phi) is 58.5. The maximum absolute atomic E-state index is 13.0. The number of hydrogen-bond acceptors (Lipinski definition) is 15. The van der Waals surface area contributed by atoms with Gasteiger partial charge in [-0.3, -0.25) is 37.3 Å². The number of aliphatic hydroxyl groups excluding tert-OH is 1. The molecule has 528 valence electrons. The Balaban J connectivity index is 5.22. The average Bonchev–Trinajstić information content (AvgIpc) is 3.49. The lowest BCUT2D eigenvalue weighted by Crippen LogP contribution is -2.30. The van der Waals surface area contributed by atoms with Crippen LogP contribution in [0.4, 0.5) is 0 Å². The van der Waals surface area contributed by atoms with Gasteiger partial charge in [0, 0.05) is 25.7 Å². The van der Waals surface area contributed by atoms with Gasteiger partial charge in [0.25, 0.3) is 0 Å². The van der Waals surface area contributed by atoms with Crippen LogP contribution in [-0.4, -0.2) is 96.7 Å². The molecular weight excluding hydrogens is 1170 g/mol. The number of aliphatic hydroxyl groups is 1. The number of carbonyl (C=O) groups is 4. The quantitative estimate of drug-likeness (QED) is 0.0222. The Bertz CT molecular complexity index is 1760. The number of unbranched alkanes of at least 4 members (excludes halogenated alkanes) is 33. The van der Waals surface area contributed by atoms with Gasteiger partial charge in [-0.15, -0.1) is 0 Å². The molecule has 0 aromatic carbocycles. The van der Waals surface area contributed by atoms with Crippen molar-refractivity contribution in [2.75, 3.05) is 39.6 Å². The maximum Gasteiger partial charge on any atom is 0.472 e. The van der Waals surface area contributed by atoms with Crippen LogP contribution >= 0.6 is 15.6 Å². The zero-order chi connectivity index (χ0) is 66.1.